The molecular weight excluding hydrogens is 511 g/mol. The van der Waals surface area contributed by atoms with E-state index < -0.39 is 0 Å². The van der Waals surface area contributed by atoms with Gasteiger partial charge >= 0.3 is 0 Å². The van der Waals surface area contributed by atoms with Crippen LogP contribution in [0.25, 0.3) is 0 Å². The van der Waals surface area contributed by atoms with E-state index in [9.17, 15) is 4.79 Å². The molecule has 0 saturated carbocycles. The van der Waals surface area contributed by atoms with Gasteiger partial charge in [0.15, 0.2) is 5.96 Å². The summed E-state index contributed by atoms with van der Waals surface area (Å²) in [7, 11) is 1.74. The van der Waals surface area contributed by atoms with Gasteiger partial charge in [-0.15, -0.1) is 35.3 Å². The Morgan fingerprint density at radius 2 is 1.83 bits per heavy atom. The lowest BCUT2D eigenvalue weighted by Crippen LogP contribution is -2.49. The predicted molar refractivity (Wildman–Crippen MR) is 135 cm³/mol. The summed E-state index contributed by atoms with van der Waals surface area (Å²) in [6, 6.07) is 10.4. The van der Waals surface area contributed by atoms with Crippen molar-refractivity contribution < 1.29 is 4.79 Å². The van der Waals surface area contributed by atoms with Gasteiger partial charge in [-0.1, -0.05) is 18.2 Å². The maximum Gasteiger partial charge on any atom is 0.224 e. The number of aryl methyl sites for hydroxylation is 1. The topological polar surface area (TPSA) is 72.9 Å². The Balaban J connectivity index is 0.00000320. The van der Waals surface area contributed by atoms with Crippen LogP contribution in [-0.4, -0.2) is 68.1 Å². The first-order chi connectivity index (χ1) is 14.2. The molecule has 1 fully saturated rings. The molecule has 1 aliphatic heterocycles. The van der Waals surface area contributed by atoms with Crippen molar-refractivity contribution >= 4 is 52.9 Å². The summed E-state index contributed by atoms with van der Waals surface area (Å²) in [5, 5.41) is 9.68. The Labute approximate surface area is 200 Å². The van der Waals surface area contributed by atoms with Crippen LogP contribution in [-0.2, 0) is 11.2 Å². The van der Waals surface area contributed by atoms with Gasteiger partial charge in [0.1, 0.15) is 0 Å². The number of aliphatic imine (C=N–C) groups is 1. The molecule has 0 atom stereocenters. The minimum Gasteiger partial charge on any atom is -0.368 e. The minimum atomic E-state index is 0. The zero-order valence-corrected chi connectivity index (χ0v) is 20.8. The molecule has 0 radical (unpaired) electrons. The second-order valence-electron chi connectivity index (χ2n) is 6.99. The number of nitrogens with zero attached hydrogens (tertiary/aromatic N) is 4. The first-order valence-electron chi connectivity index (χ1n) is 10.1. The van der Waals surface area contributed by atoms with Crippen LogP contribution in [0.1, 0.15) is 17.1 Å². The standard InChI is InChI=1S/C21H30N6OS.HI/c1-17-25-18(16-29-17)8-10-23-21(22-2)24-11-9-20(28)27-14-12-26(13-15-27)19-6-4-3-5-7-19;/h3-7,16H,8-15H2,1-2H3,(H2,22,23,24);1H. The molecule has 9 heteroatoms. The molecule has 0 unspecified atom stereocenters. The van der Waals surface area contributed by atoms with Crippen molar-refractivity contribution in [3.63, 3.8) is 0 Å². The quantitative estimate of drug-likeness (QED) is 0.320. The fourth-order valence-electron chi connectivity index (χ4n) is 3.35. The molecule has 0 spiro atoms. The van der Waals surface area contributed by atoms with Crippen LogP contribution in [0.15, 0.2) is 40.7 Å². The highest BCUT2D eigenvalue weighted by molar-refractivity contribution is 14.0. The lowest BCUT2D eigenvalue weighted by atomic mass is 10.2. The normalized spacial score (nSPS) is 14.3. The van der Waals surface area contributed by atoms with Gasteiger partial charge in [-0.05, 0) is 19.1 Å². The van der Waals surface area contributed by atoms with Crippen molar-refractivity contribution in [3.05, 3.63) is 46.4 Å². The molecule has 1 aromatic heterocycles. The predicted octanol–water partition coefficient (Wildman–Crippen LogP) is 2.52. The van der Waals surface area contributed by atoms with Crippen molar-refractivity contribution in [3.8, 4) is 0 Å². The lowest BCUT2D eigenvalue weighted by Gasteiger charge is -2.36. The zero-order valence-electron chi connectivity index (χ0n) is 17.6. The summed E-state index contributed by atoms with van der Waals surface area (Å²) in [5.74, 6) is 0.914. The summed E-state index contributed by atoms with van der Waals surface area (Å²) in [5.41, 5.74) is 2.32. The number of benzene rings is 1. The van der Waals surface area contributed by atoms with Gasteiger partial charge in [-0.25, -0.2) is 4.98 Å². The molecule has 30 heavy (non-hydrogen) atoms. The number of thiazole rings is 1. The van der Waals surface area contributed by atoms with E-state index in [0.717, 1.165) is 55.8 Å². The highest BCUT2D eigenvalue weighted by atomic mass is 127. The van der Waals surface area contributed by atoms with E-state index in [1.807, 2.05) is 17.9 Å². The maximum absolute atomic E-state index is 12.5. The van der Waals surface area contributed by atoms with Gasteiger partial charge in [0.2, 0.25) is 5.91 Å². The molecule has 164 valence electrons. The van der Waals surface area contributed by atoms with E-state index in [-0.39, 0.29) is 29.9 Å². The number of hydrogen-bond donors (Lipinski definition) is 2. The number of rotatable bonds is 7. The van der Waals surface area contributed by atoms with Crippen molar-refractivity contribution in [2.45, 2.75) is 19.8 Å². The van der Waals surface area contributed by atoms with Crippen LogP contribution in [0.4, 0.5) is 5.69 Å². The van der Waals surface area contributed by atoms with Crippen molar-refractivity contribution in [2.75, 3.05) is 51.2 Å². The second kappa shape index (κ2) is 12.7. The maximum atomic E-state index is 12.5. The van der Waals surface area contributed by atoms with Gasteiger partial charge < -0.3 is 20.4 Å². The SMILES string of the molecule is CN=C(NCCC(=O)N1CCN(c2ccccc2)CC1)NCCc1csc(C)n1.I. The fraction of sp³-hybridized carbons (Fsp3) is 0.476. The number of hydrogen-bond acceptors (Lipinski definition) is 5. The molecule has 0 aliphatic carbocycles. The molecule has 0 bridgehead atoms. The third-order valence-electron chi connectivity index (χ3n) is 4.95. The van der Waals surface area contributed by atoms with Crippen LogP contribution in [0.3, 0.4) is 0 Å². The highest BCUT2D eigenvalue weighted by Crippen LogP contribution is 2.15. The summed E-state index contributed by atoms with van der Waals surface area (Å²) in [6.45, 7) is 6.65. The van der Waals surface area contributed by atoms with E-state index in [1.165, 1.54) is 5.69 Å². The summed E-state index contributed by atoms with van der Waals surface area (Å²) >= 11 is 1.67. The van der Waals surface area contributed by atoms with Crippen LogP contribution in [0, 0.1) is 6.92 Å². The monoisotopic (exact) mass is 542 g/mol. The zero-order chi connectivity index (χ0) is 20.5. The first-order valence-corrected chi connectivity index (χ1v) is 11.0. The van der Waals surface area contributed by atoms with E-state index in [0.29, 0.717) is 13.0 Å². The van der Waals surface area contributed by atoms with Gasteiger partial charge in [0.05, 0.1) is 10.7 Å². The number of amides is 1. The van der Waals surface area contributed by atoms with Crippen molar-refractivity contribution in [2.24, 2.45) is 4.99 Å². The molecule has 2 aromatic rings. The van der Waals surface area contributed by atoms with Crippen LogP contribution < -0.4 is 15.5 Å². The largest absolute Gasteiger partial charge is 0.368 e. The number of halogens is 1. The Hall–Kier alpha value is -1.88. The van der Waals surface area contributed by atoms with Crippen molar-refractivity contribution in [1.82, 2.24) is 20.5 Å². The molecule has 3 rings (SSSR count). The fourth-order valence-corrected chi connectivity index (χ4v) is 4.00. The number of piperazine rings is 1. The lowest BCUT2D eigenvalue weighted by molar-refractivity contribution is -0.131. The number of anilines is 1. The molecule has 2 heterocycles. The third kappa shape index (κ3) is 7.42. The Morgan fingerprint density at radius 1 is 1.13 bits per heavy atom. The number of aromatic nitrogens is 1. The third-order valence-corrected chi connectivity index (χ3v) is 5.77. The number of carbonyl (C=O) groups excluding carboxylic acids is 1. The van der Waals surface area contributed by atoms with E-state index in [1.54, 1.807) is 18.4 Å². The minimum absolute atomic E-state index is 0. The van der Waals surface area contributed by atoms with Crippen LogP contribution in [0.5, 0.6) is 0 Å². The average molecular weight is 542 g/mol. The van der Waals surface area contributed by atoms with Gasteiger partial charge in [-0.3, -0.25) is 9.79 Å². The smallest absolute Gasteiger partial charge is 0.224 e. The first kappa shape index (κ1) is 24.4. The van der Waals surface area contributed by atoms with Gasteiger partial charge in [0.25, 0.3) is 0 Å². The van der Waals surface area contributed by atoms with Crippen LogP contribution >= 0.6 is 35.3 Å². The molecule has 7 nitrogen and oxygen atoms in total. The molecule has 1 saturated heterocycles. The number of carbonyl (C=O) groups is 1. The number of guanidine groups is 1. The average Bonchev–Trinajstić information content (AvgIpc) is 3.18. The molecule has 1 amide bonds. The van der Waals surface area contributed by atoms with Crippen molar-refractivity contribution in [1.29, 1.82) is 0 Å². The Kier molecular flexibility index (Phi) is 10.4. The van der Waals surface area contributed by atoms with E-state index >= 15 is 0 Å². The summed E-state index contributed by atoms with van der Waals surface area (Å²) in [6.07, 6.45) is 1.33. The van der Waals surface area contributed by atoms with E-state index in [4.69, 9.17) is 0 Å². The summed E-state index contributed by atoms with van der Waals surface area (Å²) < 4.78 is 0. The molecule has 2 N–H and O–H groups in total. The Bertz CT molecular complexity index is 805. The highest BCUT2D eigenvalue weighted by Gasteiger charge is 2.20. The van der Waals surface area contributed by atoms with Gasteiger partial charge in [-0.2, -0.15) is 0 Å². The number of para-hydroxylation sites is 1. The number of nitrogens with one attached hydrogen (secondary N) is 2. The second-order valence-corrected chi connectivity index (χ2v) is 8.05. The molecule has 1 aromatic carbocycles. The van der Waals surface area contributed by atoms with E-state index in [2.05, 4.69) is 55.2 Å². The molecular formula is C21H31IN6OS. The molecule has 1 aliphatic rings. The summed E-state index contributed by atoms with van der Waals surface area (Å²) in [4.78, 5) is 25.5. The Morgan fingerprint density at radius 3 is 2.47 bits per heavy atom. The van der Waals surface area contributed by atoms with Gasteiger partial charge in [0, 0.05) is 70.2 Å². The van der Waals surface area contributed by atoms with Crippen LogP contribution in [0.2, 0.25) is 0 Å².